The monoisotopic (exact) mass is 309 g/mol. The Morgan fingerprint density at radius 3 is 3.10 bits per heavy atom. The first-order chi connectivity index (χ1) is 10.1. The van der Waals surface area contributed by atoms with Gasteiger partial charge < -0.3 is 20.3 Å². The number of carbonyl (C=O) groups is 1. The first kappa shape index (κ1) is 14.5. The quantitative estimate of drug-likeness (QED) is 0.834. The summed E-state index contributed by atoms with van der Waals surface area (Å²) in [5.74, 6) is 1.47. The van der Waals surface area contributed by atoms with Gasteiger partial charge in [-0.2, -0.15) is 11.8 Å². The highest BCUT2D eigenvalue weighted by Gasteiger charge is 2.41. The van der Waals surface area contributed by atoms with Crippen molar-refractivity contribution in [3.05, 3.63) is 23.8 Å². The molecule has 0 bridgehead atoms. The Morgan fingerprint density at radius 2 is 2.38 bits per heavy atom. The lowest BCUT2D eigenvalue weighted by molar-refractivity contribution is -0.0959. The van der Waals surface area contributed by atoms with Gasteiger partial charge in [-0.1, -0.05) is 0 Å². The van der Waals surface area contributed by atoms with E-state index in [0.717, 1.165) is 30.8 Å². The van der Waals surface area contributed by atoms with Crippen LogP contribution in [0.1, 0.15) is 29.6 Å². The van der Waals surface area contributed by atoms with E-state index in [1.165, 1.54) is 6.07 Å². The molecule has 0 saturated carbocycles. The van der Waals surface area contributed by atoms with Crippen molar-refractivity contribution in [2.24, 2.45) is 0 Å². The number of carboxylic acids is 1. The molecule has 2 saturated heterocycles. The molecule has 2 atom stereocenters. The van der Waals surface area contributed by atoms with Crippen LogP contribution in [0.2, 0.25) is 0 Å². The smallest absolute Gasteiger partial charge is 0.339 e. The van der Waals surface area contributed by atoms with Crippen LogP contribution in [0.5, 0.6) is 5.75 Å². The fourth-order valence-corrected chi connectivity index (χ4v) is 4.32. The van der Waals surface area contributed by atoms with Crippen LogP contribution in [-0.4, -0.2) is 40.9 Å². The van der Waals surface area contributed by atoms with E-state index < -0.39 is 5.97 Å². The topological polar surface area (TPSA) is 81.8 Å². The zero-order valence-corrected chi connectivity index (χ0v) is 12.5. The SMILES string of the molecule is Nc1ccc(C(=O)O)c(OC2CCOC3(CCSC3)C2)c1. The summed E-state index contributed by atoms with van der Waals surface area (Å²) in [6, 6.07) is 4.66. The molecule has 2 aliphatic heterocycles. The van der Waals surface area contributed by atoms with Crippen molar-refractivity contribution in [3.63, 3.8) is 0 Å². The standard InChI is InChI=1S/C15H19NO4S/c16-10-1-2-12(14(17)18)13(7-10)20-11-3-5-19-15(8-11)4-6-21-9-15/h1-2,7,11H,3-6,8-9,16H2,(H,17,18). The van der Waals surface area contributed by atoms with Crippen LogP contribution in [-0.2, 0) is 4.74 Å². The molecule has 5 nitrogen and oxygen atoms in total. The third-order valence-electron chi connectivity index (χ3n) is 4.04. The molecule has 1 spiro atoms. The number of rotatable bonds is 3. The van der Waals surface area contributed by atoms with E-state index >= 15 is 0 Å². The number of benzene rings is 1. The van der Waals surface area contributed by atoms with Crippen molar-refractivity contribution >= 4 is 23.4 Å². The molecule has 3 N–H and O–H groups in total. The lowest BCUT2D eigenvalue weighted by Crippen LogP contribution is -2.44. The molecule has 21 heavy (non-hydrogen) atoms. The maximum atomic E-state index is 11.3. The summed E-state index contributed by atoms with van der Waals surface area (Å²) >= 11 is 1.90. The first-order valence-electron chi connectivity index (χ1n) is 7.09. The summed E-state index contributed by atoms with van der Waals surface area (Å²) in [5.41, 5.74) is 6.33. The molecular weight excluding hydrogens is 290 g/mol. The average Bonchev–Trinajstić information content (AvgIpc) is 2.86. The third kappa shape index (κ3) is 3.11. The number of thioether (sulfide) groups is 1. The summed E-state index contributed by atoms with van der Waals surface area (Å²) in [5, 5.41) is 9.24. The lowest BCUT2D eigenvalue weighted by Gasteiger charge is -2.37. The minimum atomic E-state index is -0.997. The Hall–Kier alpha value is -1.40. The molecule has 2 unspecified atom stereocenters. The van der Waals surface area contributed by atoms with Gasteiger partial charge in [0.2, 0.25) is 0 Å². The van der Waals surface area contributed by atoms with Crippen LogP contribution in [0.4, 0.5) is 5.69 Å². The zero-order valence-electron chi connectivity index (χ0n) is 11.7. The number of nitrogen functional groups attached to an aromatic ring is 1. The van der Waals surface area contributed by atoms with Crippen LogP contribution < -0.4 is 10.5 Å². The van der Waals surface area contributed by atoms with Crippen LogP contribution >= 0.6 is 11.8 Å². The van der Waals surface area contributed by atoms with Crippen LogP contribution in [0, 0.1) is 0 Å². The van der Waals surface area contributed by atoms with Crippen molar-refractivity contribution in [2.45, 2.75) is 31.0 Å². The van der Waals surface area contributed by atoms with Gasteiger partial charge in [-0.3, -0.25) is 0 Å². The summed E-state index contributed by atoms with van der Waals surface area (Å²) in [6.07, 6.45) is 2.62. The van der Waals surface area contributed by atoms with Crippen molar-refractivity contribution in [3.8, 4) is 5.75 Å². The molecule has 6 heteroatoms. The van der Waals surface area contributed by atoms with Crippen molar-refractivity contribution < 1.29 is 19.4 Å². The van der Waals surface area contributed by atoms with Gasteiger partial charge in [-0.15, -0.1) is 0 Å². The van der Waals surface area contributed by atoms with Gasteiger partial charge in [0.1, 0.15) is 17.4 Å². The van der Waals surface area contributed by atoms with E-state index in [4.69, 9.17) is 15.2 Å². The van der Waals surface area contributed by atoms with Gasteiger partial charge in [0.15, 0.2) is 0 Å². The van der Waals surface area contributed by atoms with E-state index in [2.05, 4.69) is 0 Å². The largest absolute Gasteiger partial charge is 0.489 e. The van der Waals surface area contributed by atoms with E-state index in [9.17, 15) is 9.90 Å². The Bertz CT molecular complexity index is 542. The lowest BCUT2D eigenvalue weighted by atomic mass is 9.91. The van der Waals surface area contributed by atoms with E-state index in [0.29, 0.717) is 18.0 Å². The summed E-state index contributed by atoms with van der Waals surface area (Å²) in [6.45, 7) is 0.663. The van der Waals surface area contributed by atoms with Crippen molar-refractivity contribution in [1.82, 2.24) is 0 Å². The Balaban J connectivity index is 1.77. The predicted octanol–water partition coefficient (Wildman–Crippen LogP) is 2.40. The molecule has 1 aromatic rings. The highest BCUT2D eigenvalue weighted by atomic mass is 32.2. The number of hydrogen-bond acceptors (Lipinski definition) is 5. The summed E-state index contributed by atoms with van der Waals surface area (Å²) < 4.78 is 11.9. The van der Waals surface area contributed by atoms with Gasteiger partial charge in [0, 0.05) is 30.3 Å². The Morgan fingerprint density at radius 1 is 1.52 bits per heavy atom. The maximum Gasteiger partial charge on any atom is 0.339 e. The molecule has 1 aromatic carbocycles. The van der Waals surface area contributed by atoms with Crippen molar-refractivity contribution in [1.29, 1.82) is 0 Å². The molecule has 0 aliphatic carbocycles. The van der Waals surface area contributed by atoms with Gasteiger partial charge in [0.05, 0.1) is 12.2 Å². The van der Waals surface area contributed by atoms with E-state index in [1.54, 1.807) is 12.1 Å². The molecule has 0 amide bonds. The fraction of sp³-hybridized carbons (Fsp3) is 0.533. The second kappa shape index (κ2) is 5.77. The number of anilines is 1. The van der Waals surface area contributed by atoms with Crippen LogP contribution in [0.15, 0.2) is 18.2 Å². The number of ether oxygens (including phenoxy) is 2. The normalized spacial score (nSPS) is 28.7. The third-order valence-corrected chi connectivity index (χ3v) is 5.27. The minimum absolute atomic E-state index is 0.0163. The Kier molecular flexibility index (Phi) is 3.99. The van der Waals surface area contributed by atoms with Gasteiger partial charge >= 0.3 is 5.97 Å². The molecule has 2 heterocycles. The average molecular weight is 309 g/mol. The number of hydrogen-bond donors (Lipinski definition) is 2. The van der Waals surface area contributed by atoms with Crippen LogP contribution in [0.25, 0.3) is 0 Å². The fourth-order valence-electron chi connectivity index (χ4n) is 2.94. The van der Waals surface area contributed by atoms with E-state index in [-0.39, 0.29) is 17.3 Å². The van der Waals surface area contributed by atoms with Crippen molar-refractivity contribution in [2.75, 3.05) is 23.8 Å². The second-order valence-electron chi connectivity index (χ2n) is 5.63. The molecule has 2 aliphatic rings. The first-order valence-corrected chi connectivity index (χ1v) is 8.25. The molecule has 3 rings (SSSR count). The molecule has 0 radical (unpaired) electrons. The summed E-state index contributed by atoms with van der Waals surface area (Å²) in [7, 11) is 0. The predicted molar refractivity (Wildman–Crippen MR) is 82.1 cm³/mol. The van der Waals surface area contributed by atoms with Gasteiger partial charge in [-0.25, -0.2) is 4.79 Å². The van der Waals surface area contributed by atoms with Gasteiger partial charge in [0.25, 0.3) is 0 Å². The maximum absolute atomic E-state index is 11.3. The highest BCUT2D eigenvalue weighted by molar-refractivity contribution is 7.99. The molecule has 2 fully saturated rings. The molecular formula is C15H19NO4S. The number of carboxylic acid groups (broad SMARTS) is 1. The molecule has 0 aromatic heterocycles. The summed E-state index contributed by atoms with van der Waals surface area (Å²) in [4.78, 5) is 11.3. The number of aromatic carboxylic acids is 1. The second-order valence-corrected chi connectivity index (χ2v) is 6.73. The Labute approximate surface area is 127 Å². The number of nitrogens with two attached hydrogens (primary N) is 1. The van der Waals surface area contributed by atoms with Gasteiger partial charge in [-0.05, 0) is 24.3 Å². The zero-order chi connectivity index (χ0) is 14.9. The van der Waals surface area contributed by atoms with E-state index in [1.807, 2.05) is 11.8 Å². The highest BCUT2D eigenvalue weighted by Crippen LogP contribution is 2.39. The minimum Gasteiger partial charge on any atom is -0.489 e. The van der Waals surface area contributed by atoms with Crippen LogP contribution in [0.3, 0.4) is 0 Å². The molecule has 114 valence electrons.